The average molecular weight is 268 g/mol. The maximum absolute atomic E-state index is 13.9. The number of benzene rings is 1. The predicted molar refractivity (Wildman–Crippen MR) is 73.2 cm³/mol. The van der Waals surface area contributed by atoms with Gasteiger partial charge in [-0.05, 0) is 58.0 Å². The zero-order chi connectivity index (χ0) is 14.0. The van der Waals surface area contributed by atoms with E-state index in [1.54, 1.807) is 6.92 Å². The van der Waals surface area contributed by atoms with Crippen LogP contribution in [0.15, 0.2) is 12.1 Å². The van der Waals surface area contributed by atoms with Gasteiger partial charge in [0.25, 0.3) is 0 Å². The molecule has 1 aliphatic heterocycles. The summed E-state index contributed by atoms with van der Waals surface area (Å²) in [5.74, 6) is -0.659. The lowest BCUT2D eigenvalue weighted by atomic mass is 10.0. The Labute approximate surface area is 113 Å². The second-order valence-corrected chi connectivity index (χ2v) is 5.53. The number of hydrogen-bond donors (Lipinski definition) is 1. The number of aryl methyl sites for hydroxylation is 1. The fraction of sp³-hybridized carbons (Fsp3) is 0.600. The standard InChI is InChI=1S/C15H22F2N2/c1-10-7-15(17)13(8-14(10)16)11(2)19(3)9-12-5-4-6-18-12/h7-8,11-12,18H,4-6,9H2,1-3H3. The van der Waals surface area contributed by atoms with Crippen molar-refractivity contribution < 1.29 is 8.78 Å². The highest BCUT2D eigenvalue weighted by Gasteiger charge is 2.22. The number of rotatable bonds is 4. The minimum atomic E-state index is -0.337. The molecule has 1 aliphatic rings. The number of hydrogen-bond acceptors (Lipinski definition) is 2. The van der Waals surface area contributed by atoms with Gasteiger partial charge in [-0.25, -0.2) is 8.78 Å². The van der Waals surface area contributed by atoms with Crippen molar-refractivity contribution in [2.45, 2.75) is 38.8 Å². The van der Waals surface area contributed by atoms with Gasteiger partial charge in [-0.2, -0.15) is 0 Å². The summed E-state index contributed by atoms with van der Waals surface area (Å²) in [6, 6.07) is 2.94. The molecule has 2 rings (SSSR count). The summed E-state index contributed by atoms with van der Waals surface area (Å²) in [4.78, 5) is 2.08. The molecule has 0 aliphatic carbocycles. The first-order valence-corrected chi connectivity index (χ1v) is 6.88. The van der Waals surface area contributed by atoms with Gasteiger partial charge in [-0.15, -0.1) is 0 Å². The van der Waals surface area contributed by atoms with Crippen molar-refractivity contribution >= 4 is 0 Å². The second kappa shape index (κ2) is 5.97. The summed E-state index contributed by atoms with van der Waals surface area (Å²) < 4.78 is 27.5. The lowest BCUT2D eigenvalue weighted by Gasteiger charge is -2.28. The predicted octanol–water partition coefficient (Wildman–Crippen LogP) is 3.02. The van der Waals surface area contributed by atoms with E-state index < -0.39 is 0 Å². The third-order valence-electron chi connectivity index (χ3n) is 4.06. The Morgan fingerprint density at radius 3 is 2.74 bits per heavy atom. The van der Waals surface area contributed by atoms with Crippen LogP contribution in [0.4, 0.5) is 8.78 Å². The molecule has 1 aromatic rings. The van der Waals surface area contributed by atoms with E-state index in [0.717, 1.165) is 19.5 Å². The molecule has 19 heavy (non-hydrogen) atoms. The first kappa shape index (κ1) is 14.4. The van der Waals surface area contributed by atoms with Crippen molar-refractivity contribution in [1.29, 1.82) is 0 Å². The van der Waals surface area contributed by atoms with Crippen LogP contribution in [0.1, 0.15) is 36.9 Å². The summed E-state index contributed by atoms with van der Waals surface area (Å²) in [6.45, 7) is 5.41. The fourth-order valence-electron chi connectivity index (χ4n) is 2.64. The Morgan fingerprint density at radius 2 is 2.11 bits per heavy atom. The summed E-state index contributed by atoms with van der Waals surface area (Å²) in [5, 5.41) is 3.42. The first-order chi connectivity index (χ1) is 8.99. The Hall–Kier alpha value is -1.00. The molecule has 0 spiro atoms. The lowest BCUT2D eigenvalue weighted by molar-refractivity contribution is 0.233. The topological polar surface area (TPSA) is 15.3 Å². The number of likely N-dealkylation sites (N-methyl/N-ethyl adjacent to an activating group) is 1. The summed E-state index contributed by atoms with van der Waals surface area (Å²) in [5.41, 5.74) is 0.789. The van der Waals surface area contributed by atoms with E-state index in [1.807, 2.05) is 14.0 Å². The molecule has 0 saturated carbocycles. The highest BCUT2D eigenvalue weighted by molar-refractivity contribution is 5.27. The van der Waals surface area contributed by atoms with Crippen molar-refractivity contribution in [2.75, 3.05) is 20.1 Å². The quantitative estimate of drug-likeness (QED) is 0.903. The van der Waals surface area contributed by atoms with Crippen LogP contribution in [0, 0.1) is 18.6 Å². The Balaban J connectivity index is 2.09. The van der Waals surface area contributed by atoms with E-state index in [-0.39, 0.29) is 17.7 Å². The molecule has 1 saturated heterocycles. The maximum atomic E-state index is 13.9. The summed E-state index contributed by atoms with van der Waals surface area (Å²) in [6.07, 6.45) is 2.35. The van der Waals surface area contributed by atoms with Crippen molar-refractivity contribution in [1.82, 2.24) is 10.2 Å². The van der Waals surface area contributed by atoms with Crippen LogP contribution in [0.5, 0.6) is 0 Å². The Kier molecular flexibility index (Phi) is 4.53. The highest BCUT2D eigenvalue weighted by Crippen LogP contribution is 2.25. The molecule has 0 aromatic heterocycles. The van der Waals surface area contributed by atoms with Gasteiger partial charge in [0, 0.05) is 24.2 Å². The van der Waals surface area contributed by atoms with Crippen LogP contribution in [-0.4, -0.2) is 31.1 Å². The van der Waals surface area contributed by atoms with E-state index in [1.165, 1.54) is 18.6 Å². The molecule has 2 nitrogen and oxygen atoms in total. The van der Waals surface area contributed by atoms with E-state index in [9.17, 15) is 8.78 Å². The minimum Gasteiger partial charge on any atom is -0.313 e. The van der Waals surface area contributed by atoms with E-state index in [4.69, 9.17) is 0 Å². The molecule has 0 radical (unpaired) electrons. The van der Waals surface area contributed by atoms with Crippen molar-refractivity contribution in [3.05, 3.63) is 34.9 Å². The summed E-state index contributed by atoms with van der Waals surface area (Å²) >= 11 is 0. The van der Waals surface area contributed by atoms with Crippen molar-refractivity contribution in [3.63, 3.8) is 0 Å². The van der Waals surface area contributed by atoms with Crippen LogP contribution in [0.25, 0.3) is 0 Å². The maximum Gasteiger partial charge on any atom is 0.128 e. The van der Waals surface area contributed by atoms with Crippen LogP contribution >= 0.6 is 0 Å². The van der Waals surface area contributed by atoms with E-state index in [0.29, 0.717) is 17.2 Å². The van der Waals surface area contributed by atoms with Gasteiger partial charge in [-0.1, -0.05) is 0 Å². The third kappa shape index (κ3) is 3.31. The van der Waals surface area contributed by atoms with Gasteiger partial charge in [0.15, 0.2) is 0 Å². The SMILES string of the molecule is Cc1cc(F)c(C(C)N(C)CC2CCCN2)cc1F. The smallest absolute Gasteiger partial charge is 0.128 e. The molecule has 2 atom stereocenters. The lowest BCUT2D eigenvalue weighted by Crippen LogP contribution is -2.36. The molecule has 0 amide bonds. The molecule has 4 heteroatoms. The number of halogens is 2. The Morgan fingerprint density at radius 1 is 1.37 bits per heavy atom. The third-order valence-corrected chi connectivity index (χ3v) is 4.06. The number of nitrogens with zero attached hydrogens (tertiary/aromatic N) is 1. The minimum absolute atomic E-state index is 0.127. The Bertz CT molecular complexity index is 442. The average Bonchev–Trinajstić information content (AvgIpc) is 2.85. The van der Waals surface area contributed by atoms with Gasteiger partial charge in [0.1, 0.15) is 11.6 Å². The molecular weight excluding hydrogens is 246 g/mol. The van der Waals surface area contributed by atoms with Crippen molar-refractivity contribution in [2.24, 2.45) is 0 Å². The highest BCUT2D eigenvalue weighted by atomic mass is 19.1. The van der Waals surface area contributed by atoms with Gasteiger partial charge in [-0.3, -0.25) is 4.90 Å². The van der Waals surface area contributed by atoms with Crippen LogP contribution in [0.2, 0.25) is 0 Å². The molecule has 1 fully saturated rings. The molecular formula is C15H22F2N2. The van der Waals surface area contributed by atoms with Crippen LogP contribution in [-0.2, 0) is 0 Å². The zero-order valence-corrected chi connectivity index (χ0v) is 11.8. The molecule has 1 N–H and O–H groups in total. The van der Waals surface area contributed by atoms with E-state index in [2.05, 4.69) is 10.2 Å². The van der Waals surface area contributed by atoms with Crippen LogP contribution in [0.3, 0.4) is 0 Å². The molecule has 1 heterocycles. The van der Waals surface area contributed by atoms with Crippen LogP contribution < -0.4 is 5.32 Å². The molecule has 1 aromatic carbocycles. The fourth-order valence-corrected chi connectivity index (χ4v) is 2.64. The van der Waals surface area contributed by atoms with Crippen molar-refractivity contribution in [3.8, 4) is 0 Å². The zero-order valence-electron chi connectivity index (χ0n) is 11.8. The van der Waals surface area contributed by atoms with Gasteiger partial charge in [0.2, 0.25) is 0 Å². The largest absolute Gasteiger partial charge is 0.313 e. The molecule has 0 bridgehead atoms. The van der Waals surface area contributed by atoms with E-state index >= 15 is 0 Å². The molecule has 106 valence electrons. The summed E-state index contributed by atoms with van der Waals surface area (Å²) in [7, 11) is 1.96. The van der Waals surface area contributed by atoms with Gasteiger partial charge >= 0.3 is 0 Å². The van der Waals surface area contributed by atoms with Gasteiger partial charge < -0.3 is 5.32 Å². The monoisotopic (exact) mass is 268 g/mol. The molecule has 2 unspecified atom stereocenters. The first-order valence-electron chi connectivity index (χ1n) is 6.88. The van der Waals surface area contributed by atoms with Gasteiger partial charge in [0.05, 0.1) is 0 Å². The number of nitrogens with one attached hydrogen (secondary N) is 1. The normalized spacial score (nSPS) is 21.1. The second-order valence-electron chi connectivity index (χ2n) is 5.53.